The molecule has 0 radical (unpaired) electrons. The number of fused-ring (bicyclic) bond motifs is 1. The standard InChI is InChI=1S/C11H6BrF3N4S/c1-5-2-3-6(4-7(5)12)8-18-19-9(11(13,14)15)16-17-10(19)20-8/h2-4H,1H3. The van der Waals surface area contributed by atoms with Gasteiger partial charge in [0.2, 0.25) is 4.96 Å². The van der Waals surface area contributed by atoms with Crippen molar-refractivity contribution in [1.82, 2.24) is 19.8 Å². The Morgan fingerprint density at radius 3 is 2.65 bits per heavy atom. The fourth-order valence-electron chi connectivity index (χ4n) is 1.64. The molecule has 0 atom stereocenters. The van der Waals surface area contributed by atoms with Crippen LogP contribution in [0.3, 0.4) is 0 Å². The quantitative estimate of drug-likeness (QED) is 0.658. The normalized spacial score (nSPS) is 12.2. The molecule has 1 aromatic carbocycles. The Hall–Kier alpha value is -1.48. The summed E-state index contributed by atoms with van der Waals surface area (Å²) >= 11 is 4.45. The summed E-state index contributed by atoms with van der Waals surface area (Å²) in [5.74, 6) is -1.11. The number of alkyl halides is 3. The first-order chi connectivity index (χ1) is 9.36. The van der Waals surface area contributed by atoms with Gasteiger partial charge in [-0.05, 0) is 18.6 Å². The summed E-state index contributed by atoms with van der Waals surface area (Å²) in [6.45, 7) is 1.92. The molecule has 0 unspecified atom stereocenters. The van der Waals surface area contributed by atoms with Gasteiger partial charge in [-0.2, -0.15) is 22.8 Å². The van der Waals surface area contributed by atoms with Crippen LogP contribution in [-0.4, -0.2) is 19.8 Å². The minimum atomic E-state index is -4.57. The van der Waals surface area contributed by atoms with Crippen molar-refractivity contribution in [2.45, 2.75) is 13.1 Å². The van der Waals surface area contributed by atoms with Gasteiger partial charge < -0.3 is 0 Å². The van der Waals surface area contributed by atoms with Crippen molar-refractivity contribution in [2.24, 2.45) is 0 Å². The topological polar surface area (TPSA) is 43.1 Å². The van der Waals surface area contributed by atoms with Gasteiger partial charge in [0, 0.05) is 10.0 Å². The molecule has 0 bridgehead atoms. The number of halogens is 4. The van der Waals surface area contributed by atoms with Crippen LogP contribution in [0.1, 0.15) is 11.4 Å². The molecule has 4 nitrogen and oxygen atoms in total. The average molecular weight is 363 g/mol. The number of aryl methyl sites for hydroxylation is 1. The van der Waals surface area contributed by atoms with Crippen LogP contribution >= 0.6 is 27.3 Å². The summed E-state index contributed by atoms with van der Waals surface area (Å²) in [6, 6.07) is 5.49. The highest BCUT2D eigenvalue weighted by Gasteiger charge is 2.38. The Kier molecular flexibility index (Phi) is 3.05. The van der Waals surface area contributed by atoms with E-state index < -0.39 is 12.0 Å². The summed E-state index contributed by atoms with van der Waals surface area (Å²) < 4.78 is 39.7. The van der Waals surface area contributed by atoms with Gasteiger partial charge in [-0.3, -0.25) is 0 Å². The maximum atomic E-state index is 12.7. The van der Waals surface area contributed by atoms with Gasteiger partial charge >= 0.3 is 6.18 Å². The third-order valence-electron chi connectivity index (χ3n) is 2.66. The molecule has 0 aliphatic rings. The number of aromatic nitrogens is 4. The highest BCUT2D eigenvalue weighted by Crippen LogP contribution is 2.32. The van der Waals surface area contributed by atoms with Crippen LogP contribution in [0, 0.1) is 6.92 Å². The largest absolute Gasteiger partial charge is 0.453 e. The van der Waals surface area contributed by atoms with Crippen molar-refractivity contribution in [3.05, 3.63) is 34.1 Å². The van der Waals surface area contributed by atoms with E-state index in [1.807, 2.05) is 19.1 Å². The molecular formula is C11H6BrF3N4S. The number of hydrogen-bond donors (Lipinski definition) is 0. The van der Waals surface area contributed by atoms with Crippen molar-refractivity contribution in [2.75, 3.05) is 0 Å². The summed E-state index contributed by atoms with van der Waals surface area (Å²) in [7, 11) is 0. The molecule has 0 spiro atoms. The second-order valence-electron chi connectivity index (χ2n) is 4.09. The van der Waals surface area contributed by atoms with E-state index in [4.69, 9.17) is 0 Å². The summed E-state index contributed by atoms with van der Waals surface area (Å²) in [5.41, 5.74) is 1.76. The van der Waals surface area contributed by atoms with Gasteiger partial charge in [0.25, 0.3) is 5.82 Å². The van der Waals surface area contributed by atoms with Gasteiger partial charge in [-0.25, -0.2) is 0 Å². The van der Waals surface area contributed by atoms with Gasteiger partial charge in [-0.15, -0.1) is 10.2 Å². The fourth-order valence-corrected chi connectivity index (χ4v) is 2.85. The summed E-state index contributed by atoms with van der Waals surface area (Å²) in [6.07, 6.45) is -4.57. The van der Waals surface area contributed by atoms with Crippen LogP contribution in [0.25, 0.3) is 15.5 Å². The molecule has 0 saturated carbocycles. The van der Waals surface area contributed by atoms with E-state index in [1.54, 1.807) is 6.07 Å². The molecular weight excluding hydrogens is 357 g/mol. The zero-order chi connectivity index (χ0) is 14.5. The molecule has 0 saturated heterocycles. The molecule has 0 fully saturated rings. The molecule has 0 aliphatic heterocycles. The van der Waals surface area contributed by atoms with E-state index >= 15 is 0 Å². The minimum absolute atomic E-state index is 0.115. The van der Waals surface area contributed by atoms with E-state index in [-0.39, 0.29) is 4.96 Å². The maximum absolute atomic E-state index is 12.7. The molecule has 3 rings (SSSR count). The van der Waals surface area contributed by atoms with Gasteiger partial charge in [0.05, 0.1) is 0 Å². The second-order valence-corrected chi connectivity index (χ2v) is 5.90. The lowest BCUT2D eigenvalue weighted by Gasteiger charge is -2.01. The van der Waals surface area contributed by atoms with Crippen molar-refractivity contribution >= 4 is 32.2 Å². The number of hydrogen-bond acceptors (Lipinski definition) is 4. The van der Waals surface area contributed by atoms with Crippen LogP contribution in [0.4, 0.5) is 13.2 Å². The van der Waals surface area contributed by atoms with Crippen LogP contribution in [0.15, 0.2) is 22.7 Å². The smallest absolute Gasteiger partial charge is 0.178 e. The lowest BCUT2D eigenvalue weighted by atomic mass is 10.2. The highest BCUT2D eigenvalue weighted by molar-refractivity contribution is 9.10. The monoisotopic (exact) mass is 362 g/mol. The molecule has 2 heterocycles. The van der Waals surface area contributed by atoms with Gasteiger partial charge in [-0.1, -0.05) is 39.4 Å². The van der Waals surface area contributed by atoms with Gasteiger partial charge in [0.1, 0.15) is 5.01 Å². The van der Waals surface area contributed by atoms with Crippen LogP contribution in [-0.2, 0) is 6.18 Å². The van der Waals surface area contributed by atoms with Crippen molar-refractivity contribution in [3.8, 4) is 10.6 Å². The molecule has 3 aromatic rings. The van der Waals surface area contributed by atoms with Crippen LogP contribution < -0.4 is 0 Å². The van der Waals surface area contributed by atoms with Gasteiger partial charge in [0.15, 0.2) is 0 Å². The van der Waals surface area contributed by atoms with Crippen LogP contribution in [0.5, 0.6) is 0 Å². The molecule has 104 valence electrons. The number of benzene rings is 1. The second kappa shape index (κ2) is 4.52. The zero-order valence-electron chi connectivity index (χ0n) is 9.94. The molecule has 0 N–H and O–H groups in total. The van der Waals surface area contributed by atoms with E-state index in [9.17, 15) is 13.2 Å². The lowest BCUT2D eigenvalue weighted by Crippen LogP contribution is -2.11. The Bertz CT molecular complexity index is 793. The Morgan fingerprint density at radius 2 is 2.00 bits per heavy atom. The first-order valence-corrected chi connectivity index (χ1v) is 7.03. The molecule has 0 aliphatic carbocycles. The molecule has 9 heteroatoms. The Balaban J connectivity index is 2.14. The summed E-state index contributed by atoms with van der Waals surface area (Å²) in [5, 5.41) is 11.0. The highest BCUT2D eigenvalue weighted by atomic mass is 79.9. The predicted octanol–water partition coefficient (Wildman–Crippen LogP) is 3.94. The Morgan fingerprint density at radius 1 is 1.25 bits per heavy atom. The van der Waals surface area contributed by atoms with Crippen molar-refractivity contribution in [1.29, 1.82) is 0 Å². The van der Waals surface area contributed by atoms with Crippen molar-refractivity contribution in [3.63, 3.8) is 0 Å². The fraction of sp³-hybridized carbons (Fsp3) is 0.182. The minimum Gasteiger partial charge on any atom is -0.178 e. The lowest BCUT2D eigenvalue weighted by molar-refractivity contribution is -0.146. The predicted molar refractivity (Wildman–Crippen MR) is 71.5 cm³/mol. The third-order valence-corrected chi connectivity index (χ3v) is 4.47. The summed E-state index contributed by atoms with van der Waals surface area (Å²) in [4.78, 5) is 0.115. The van der Waals surface area contributed by atoms with E-state index in [1.165, 1.54) is 0 Å². The van der Waals surface area contributed by atoms with Crippen LogP contribution in [0.2, 0.25) is 0 Å². The Labute approximate surface area is 123 Å². The first-order valence-electron chi connectivity index (χ1n) is 5.42. The van der Waals surface area contributed by atoms with E-state index in [2.05, 4.69) is 31.2 Å². The number of nitrogens with zero attached hydrogens (tertiary/aromatic N) is 4. The maximum Gasteiger partial charge on any atom is 0.453 e. The zero-order valence-corrected chi connectivity index (χ0v) is 12.3. The number of rotatable bonds is 1. The SMILES string of the molecule is Cc1ccc(-c2nn3c(C(F)(F)F)nnc3s2)cc1Br. The molecule has 2 aromatic heterocycles. The average Bonchev–Trinajstić information content (AvgIpc) is 2.90. The van der Waals surface area contributed by atoms with E-state index in [0.717, 1.165) is 31.5 Å². The van der Waals surface area contributed by atoms with E-state index in [0.29, 0.717) is 5.01 Å². The first kappa shape index (κ1) is 13.5. The van der Waals surface area contributed by atoms with Crippen molar-refractivity contribution < 1.29 is 13.2 Å². The molecule has 0 amide bonds. The third kappa shape index (κ3) is 2.20. The molecule has 20 heavy (non-hydrogen) atoms.